The highest BCUT2D eigenvalue weighted by atomic mass is 79.9. The Morgan fingerprint density at radius 1 is 1.10 bits per heavy atom. The van der Waals surface area contributed by atoms with Crippen molar-refractivity contribution in [2.75, 3.05) is 0 Å². The van der Waals surface area contributed by atoms with E-state index in [-0.39, 0.29) is 40.3 Å². The Balaban J connectivity index is 1.62. The molecule has 1 aliphatic heterocycles. The lowest BCUT2D eigenvalue weighted by Gasteiger charge is -2.29. The van der Waals surface area contributed by atoms with Crippen LogP contribution in [0.15, 0.2) is 30.3 Å². The number of alkyl halides is 1. The first-order chi connectivity index (χ1) is 10.1. The summed E-state index contributed by atoms with van der Waals surface area (Å²) >= 11 is 3.50. The molecule has 0 unspecified atom stereocenters. The van der Waals surface area contributed by atoms with Crippen molar-refractivity contribution in [1.82, 2.24) is 4.90 Å². The lowest BCUT2D eigenvalue weighted by atomic mass is 9.79. The molecule has 1 aromatic carbocycles. The van der Waals surface area contributed by atoms with Gasteiger partial charge in [-0.25, -0.2) is 0 Å². The molecule has 1 heterocycles. The van der Waals surface area contributed by atoms with Gasteiger partial charge in [0.2, 0.25) is 11.8 Å². The molecule has 4 rings (SSSR count). The summed E-state index contributed by atoms with van der Waals surface area (Å²) in [4.78, 5) is 26.6. The number of benzene rings is 1. The van der Waals surface area contributed by atoms with E-state index in [1.165, 1.54) is 4.90 Å². The van der Waals surface area contributed by atoms with Crippen LogP contribution in [0.3, 0.4) is 0 Å². The summed E-state index contributed by atoms with van der Waals surface area (Å²) in [5, 5.41) is 10.2. The van der Waals surface area contributed by atoms with Gasteiger partial charge in [-0.1, -0.05) is 46.3 Å². The van der Waals surface area contributed by atoms with E-state index in [0.717, 1.165) is 12.0 Å². The van der Waals surface area contributed by atoms with Gasteiger partial charge in [-0.05, 0) is 23.8 Å². The SMILES string of the molecule is O=C1[C@@H]2[C@H]3C[C@H]([C@H](Br)[C@@H]3O)[C@@H]2C(=O)N1Cc1ccccc1. The first-order valence-corrected chi connectivity index (χ1v) is 8.22. The van der Waals surface area contributed by atoms with Crippen molar-refractivity contribution < 1.29 is 14.7 Å². The smallest absolute Gasteiger partial charge is 0.233 e. The van der Waals surface area contributed by atoms with Crippen LogP contribution in [0, 0.1) is 23.7 Å². The second kappa shape index (κ2) is 4.65. The monoisotopic (exact) mass is 349 g/mol. The fourth-order valence-corrected chi connectivity index (χ4v) is 5.31. The molecule has 21 heavy (non-hydrogen) atoms. The minimum Gasteiger partial charge on any atom is -0.392 e. The zero-order valence-corrected chi connectivity index (χ0v) is 12.9. The Bertz CT molecular complexity index is 573. The van der Waals surface area contributed by atoms with Crippen LogP contribution in [-0.4, -0.2) is 32.8 Å². The molecule has 2 saturated carbocycles. The van der Waals surface area contributed by atoms with Gasteiger partial charge in [0, 0.05) is 4.83 Å². The first-order valence-electron chi connectivity index (χ1n) is 7.31. The van der Waals surface area contributed by atoms with Gasteiger partial charge >= 0.3 is 0 Å². The van der Waals surface area contributed by atoms with Gasteiger partial charge in [-0.3, -0.25) is 14.5 Å². The van der Waals surface area contributed by atoms with Gasteiger partial charge in [0.05, 0.1) is 24.5 Å². The molecule has 0 aromatic heterocycles. The van der Waals surface area contributed by atoms with Crippen LogP contribution in [0.5, 0.6) is 0 Å². The summed E-state index contributed by atoms with van der Waals surface area (Å²) in [5.74, 6) is -0.680. The maximum Gasteiger partial charge on any atom is 0.233 e. The zero-order chi connectivity index (χ0) is 14.7. The maximum atomic E-state index is 12.6. The van der Waals surface area contributed by atoms with Gasteiger partial charge < -0.3 is 5.11 Å². The molecule has 2 aliphatic carbocycles. The summed E-state index contributed by atoms with van der Waals surface area (Å²) in [7, 11) is 0. The number of fused-ring (bicyclic) bond motifs is 5. The lowest BCUT2D eigenvalue weighted by molar-refractivity contribution is -0.141. The highest BCUT2D eigenvalue weighted by Gasteiger charge is 2.66. The highest BCUT2D eigenvalue weighted by molar-refractivity contribution is 9.09. The average Bonchev–Trinajstić information content (AvgIpc) is 3.09. The van der Waals surface area contributed by atoms with Crippen LogP contribution >= 0.6 is 15.9 Å². The van der Waals surface area contributed by atoms with E-state index in [9.17, 15) is 14.7 Å². The van der Waals surface area contributed by atoms with Crippen LogP contribution in [0.25, 0.3) is 0 Å². The van der Waals surface area contributed by atoms with Crippen molar-refractivity contribution in [3.63, 3.8) is 0 Å². The summed E-state index contributed by atoms with van der Waals surface area (Å²) in [5.41, 5.74) is 0.961. The van der Waals surface area contributed by atoms with Crippen LogP contribution in [0.4, 0.5) is 0 Å². The quantitative estimate of drug-likeness (QED) is 0.651. The number of amides is 2. The molecule has 110 valence electrons. The number of aliphatic hydroxyl groups is 1. The van der Waals surface area contributed by atoms with E-state index in [2.05, 4.69) is 15.9 Å². The number of rotatable bonds is 2. The van der Waals surface area contributed by atoms with Gasteiger partial charge in [0.25, 0.3) is 0 Å². The molecule has 3 aliphatic rings. The molecule has 2 bridgehead atoms. The normalized spacial score (nSPS) is 41.0. The van der Waals surface area contributed by atoms with Crippen LogP contribution in [0.2, 0.25) is 0 Å². The van der Waals surface area contributed by atoms with Crippen molar-refractivity contribution >= 4 is 27.7 Å². The Labute approximate surface area is 131 Å². The third-order valence-electron chi connectivity index (χ3n) is 5.31. The lowest BCUT2D eigenvalue weighted by Crippen LogP contribution is -2.40. The van der Waals surface area contributed by atoms with E-state index in [4.69, 9.17) is 0 Å². The molecule has 0 spiro atoms. The van der Waals surface area contributed by atoms with E-state index in [1.54, 1.807) is 0 Å². The molecule has 1 aromatic rings. The highest BCUT2D eigenvalue weighted by Crippen LogP contribution is 2.58. The van der Waals surface area contributed by atoms with E-state index in [1.807, 2.05) is 30.3 Å². The van der Waals surface area contributed by atoms with Gasteiger partial charge in [-0.15, -0.1) is 0 Å². The number of nitrogens with zero attached hydrogens (tertiary/aromatic N) is 1. The van der Waals surface area contributed by atoms with Crippen molar-refractivity contribution in [3.05, 3.63) is 35.9 Å². The van der Waals surface area contributed by atoms with E-state index in [0.29, 0.717) is 6.54 Å². The molecule has 3 fully saturated rings. The Hall–Kier alpha value is -1.20. The Morgan fingerprint density at radius 3 is 2.38 bits per heavy atom. The molecule has 0 radical (unpaired) electrons. The van der Waals surface area contributed by atoms with Gasteiger partial charge in [0.1, 0.15) is 0 Å². The van der Waals surface area contributed by atoms with Gasteiger partial charge in [-0.2, -0.15) is 0 Å². The number of halogens is 1. The fraction of sp³-hybridized carbons (Fsp3) is 0.500. The molecule has 5 heteroatoms. The summed E-state index contributed by atoms with van der Waals surface area (Å²) in [6, 6.07) is 9.57. The molecule has 2 amide bonds. The summed E-state index contributed by atoms with van der Waals surface area (Å²) in [6.07, 6.45) is 0.271. The van der Waals surface area contributed by atoms with Crippen LogP contribution in [0.1, 0.15) is 12.0 Å². The molecular weight excluding hydrogens is 334 g/mol. The topological polar surface area (TPSA) is 57.6 Å². The number of imide groups is 1. The molecule has 6 atom stereocenters. The van der Waals surface area contributed by atoms with E-state index < -0.39 is 6.10 Å². The fourth-order valence-electron chi connectivity index (χ4n) is 4.37. The molecule has 4 nitrogen and oxygen atoms in total. The number of carbonyl (C=O) groups excluding carboxylic acids is 2. The molecule has 1 saturated heterocycles. The third kappa shape index (κ3) is 1.77. The van der Waals surface area contributed by atoms with Gasteiger partial charge in [0.15, 0.2) is 0 Å². The number of aliphatic hydroxyl groups excluding tert-OH is 1. The number of hydrogen-bond donors (Lipinski definition) is 1. The standard InChI is InChI=1S/C16H16BrNO3/c17-13-9-6-10(14(13)19)12-11(9)15(20)18(16(12)21)7-8-4-2-1-3-5-8/h1-5,9-14,19H,6-7H2/t9-,10+,11-,12+,13-,14+/m0/s1. The Kier molecular flexibility index (Phi) is 2.98. The largest absolute Gasteiger partial charge is 0.392 e. The van der Waals surface area contributed by atoms with Crippen molar-refractivity contribution in [1.29, 1.82) is 0 Å². The zero-order valence-electron chi connectivity index (χ0n) is 11.4. The minimum absolute atomic E-state index is 0.0577. The summed E-state index contributed by atoms with van der Waals surface area (Å²) < 4.78 is 0. The van der Waals surface area contributed by atoms with Crippen LogP contribution < -0.4 is 0 Å². The number of carbonyl (C=O) groups is 2. The van der Waals surface area contributed by atoms with Crippen molar-refractivity contribution in [2.45, 2.75) is 23.9 Å². The minimum atomic E-state index is -0.510. The number of likely N-dealkylation sites (tertiary alicyclic amines) is 1. The summed E-state index contributed by atoms with van der Waals surface area (Å²) in [6.45, 7) is 0.341. The first kappa shape index (κ1) is 13.5. The predicted molar refractivity (Wildman–Crippen MR) is 79.3 cm³/mol. The number of hydrogen-bond acceptors (Lipinski definition) is 3. The van der Waals surface area contributed by atoms with Crippen LogP contribution in [-0.2, 0) is 16.1 Å². The van der Waals surface area contributed by atoms with E-state index >= 15 is 0 Å². The maximum absolute atomic E-state index is 12.6. The molecular formula is C16H16BrNO3. The van der Waals surface area contributed by atoms with Crippen molar-refractivity contribution in [2.24, 2.45) is 23.7 Å². The molecule has 1 N–H and O–H groups in total. The Morgan fingerprint density at radius 2 is 1.71 bits per heavy atom. The predicted octanol–water partition coefficient (Wildman–Crippen LogP) is 1.56. The second-order valence-electron chi connectivity index (χ2n) is 6.30. The van der Waals surface area contributed by atoms with Crippen molar-refractivity contribution in [3.8, 4) is 0 Å². The third-order valence-corrected chi connectivity index (χ3v) is 6.53. The second-order valence-corrected chi connectivity index (χ2v) is 7.36. The average molecular weight is 350 g/mol.